The molecule has 0 saturated heterocycles. The Morgan fingerprint density at radius 2 is 1.74 bits per heavy atom. The molecule has 0 aliphatic carbocycles. The van der Waals surface area contributed by atoms with Crippen LogP contribution in [0.4, 0.5) is 5.82 Å². The summed E-state index contributed by atoms with van der Waals surface area (Å²) in [7, 11) is 1.70. The maximum Gasteiger partial charge on any atom is 0.139 e. The van der Waals surface area contributed by atoms with Crippen LogP contribution in [0.1, 0.15) is 46.6 Å². The predicted octanol–water partition coefficient (Wildman–Crippen LogP) is 5.95. The van der Waals surface area contributed by atoms with Crippen molar-refractivity contribution in [2.75, 3.05) is 12.4 Å². The number of benzene rings is 1. The Bertz CT molecular complexity index is 948. The summed E-state index contributed by atoms with van der Waals surface area (Å²) in [6.07, 6.45) is 3.17. The van der Waals surface area contributed by atoms with E-state index in [1.807, 2.05) is 18.2 Å². The standard InChI is InChI=1S/C23H31N3O/c1-16-12-13-19-24-20(17-10-8-9-11-18(17)27-7)21(26(19)14-16)25-23(5,6)15-22(2,3)4/h8-14,25H,15H2,1-7H3. The molecule has 0 fully saturated rings. The van der Waals surface area contributed by atoms with Gasteiger partial charge in [0.05, 0.1) is 7.11 Å². The van der Waals surface area contributed by atoms with Crippen molar-refractivity contribution in [1.82, 2.24) is 9.38 Å². The highest BCUT2D eigenvalue weighted by Crippen LogP contribution is 2.38. The molecule has 0 spiro atoms. The van der Waals surface area contributed by atoms with Gasteiger partial charge in [0.2, 0.25) is 0 Å². The Labute approximate surface area is 162 Å². The lowest BCUT2D eigenvalue weighted by molar-refractivity contribution is 0.302. The average molecular weight is 366 g/mol. The van der Waals surface area contributed by atoms with Gasteiger partial charge in [-0.05, 0) is 56.4 Å². The van der Waals surface area contributed by atoms with Crippen LogP contribution in [0.5, 0.6) is 5.75 Å². The van der Waals surface area contributed by atoms with Crippen LogP contribution in [-0.2, 0) is 0 Å². The third-order valence-corrected chi connectivity index (χ3v) is 4.56. The first-order valence-electron chi connectivity index (χ1n) is 9.50. The molecule has 1 N–H and O–H groups in total. The Kier molecular flexibility index (Phi) is 4.94. The quantitative estimate of drug-likeness (QED) is 0.607. The van der Waals surface area contributed by atoms with Crippen LogP contribution in [0.2, 0.25) is 0 Å². The van der Waals surface area contributed by atoms with Crippen molar-refractivity contribution in [2.45, 2.75) is 53.5 Å². The van der Waals surface area contributed by atoms with Crippen molar-refractivity contribution < 1.29 is 4.74 Å². The first-order chi connectivity index (χ1) is 12.6. The molecule has 4 heteroatoms. The second-order valence-corrected chi connectivity index (χ2v) is 9.19. The maximum absolute atomic E-state index is 5.61. The number of methoxy groups -OCH3 is 1. The molecule has 3 rings (SSSR count). The Balaban J connectivity index is 2.18. The molecular weight excluding hydrogens is 334 g/mol. The van der Waals surface area contributed by atoms with Crippen molar-refractivity contribution >= 4 is 11.5 Å². The van der Waals surface area contributed by atoms with Gasteiger partial charge in [0, 0.05) is 17.3 Å². The second kappa shape index (κ2) is 6.91. The van der Waals surface area contributed by atoms with Crippen LogP contribution >= 0.6 is 0 Å². The molecule has 2 heterocycles. The van der Waals surface area contributed by atoms with E-state index in [9.17, 15) is 0 Å². The van der Waals surface area contributed by atoms with Gasteiger partial charge in [0.1, 0.15) is 22.9 Å². The normalized spacial score (nSPS) is 12.4. The van der Waals surface area contributed by atoms with Gasteiger partial charge < -0.3 is 10.1 Å². The summed E-state index contributed by atoms with van der Waals surface area (Å²) in [6, 6.07) is 12.2. The largest absolute Gasteiger partial charge is 0.496 e. The number of pyridine rings is 1. The minimum absolute atomic E-state index is 0.0886. The van der Waals surface area contributed by atoms with Gasteiger partial charge in [-0.25, -0.2) is 4.98 Å². The highest BCUT2D eigenvalue weighted by Gasteiger charge is 2.28. The van der Waals surface area contributed by atoms with Crippen LogP contribution in [0.3, 0.4) is 0 Å². The van der Waals surface area contributed by atoms with Gasteiger partial charge >= 0.3 is 0 Å². The number of fused-ring (bicyclic) bond motifs is 1. The molecule has 4 nitrogen and oxygen atoms in total. The molecule has 0 radical (unpaired) electrons. The number of aryl methyl sites for hydroxylation is 1. The van der Waals surface area contributed by atoms with Crippen LogP contribution < -0.4 is 10.1 Å². The number of rotatable bonds is 5. The number of imidazole rings is 1. The predicted molar refractivity (Wildman–Crippen MR) is 114 cm³/mol. The van der Waals surface area contributed by atoms with E-state index in [-0.39, 0.29) is 11.0 Å². The zero-order valence-electron chi connectivity index (χ0n) is 17.6. The lowest BCUT2D eigenvalue weighted by Gasteiger charge is -2.34. The highest BCUT2D eigenvalue weighted by molar-refractivity contribution is 5.80. The van der Waals surface area contributed by atoms with Crippen LogP contribution in [0.25, 0.3) is 16.9 Å². The summed E-state index contributed by atoms with van der Waals surface area (Å²) in [6.45, 7) is 13.4. The lowest BCUT2D eigenvalue weighted by atomic mass is 9.82. The number of hydrogen-bond acceptors (Lipinski definition) is 3. The van der Waals surface area contributed by atoms with Crippen molar-refractivity contribution in [3.05, 3.63) is 48.2 Å². The molecule has 0 unspecified atom stereocenters. The Morgan fingerprint density at radius 1 is 1.04 bits per heavy atom. The summed E-state index contributed by atoms with van der Waals surface area (Å²) >= 11 is 0. The molecule has 0 aliphatic rings. The molecule has 0 amide bonds. The zero-order valence-corrected chi connectivity index (χ0v) is 17.6. The molecular formula is C23H31N3O. The minimum atomic E-state index is -0.0886. The van der Waals surface area contributed by atoms with E-state index in [0.717, 1.165) is 34.9 Å². The van der Waals surface area contributed by atoms with Gasteiger partial charge in [0.25, 0.3) is 0 Å². The Hall–Kier alpha value is -2.49. The number of para-hydroxylation sites is 1. The minimum Gasteiger partial charge on any atom is -0.496 e. The van der Waals surface area contributed by atoms with Crippen LogP contribution in [0.15, 0.2) is 42.6 Å². The fourth-order valence-corrected chi connectivity index (χ4v) is 3.99. The van der Waals surface area contributed by atoms with Gasteiger partial charge in [-0.1, -0.05) is 39.0 Å². The van der Waals surface area contributed by atoms with Crippen LogP contribution in [0, 0.1) is 12.3 Å². The number of hydrogen-bond donors (Lipinski definition) is 1. The fourth-order valence-electron chi connectivity index (χ4n) is 3.99. The van der Waals surface area contributed by atoms with Crippen molar-refractivity contribution in [3.8, 4) is 17.0 Å². The summed E-state index contributed by atoms with van der Waals surface area (Å²) in [5.41, 5.74) is 4.17. The fraction of sp³-hybridized carbons (Fsp3) is 0.435. The van der Waals surface area contributed by atoms with Crippen molar-refractivity contribution in [2.24, 2.45) is 5.41 Å². The number of nitrogens with one attached hydrogen (secondary N) is 1. The summed E-state index contributed by atoms with van der Waals surface area (Å²) in [5.74, 6) is 1.83. The topological polar surface area (TPSA) is 38.6 Å². The zero-order chi connectivity index (χ0) is 19.8. The third-order valence-electron chi connectivity index (χ3n) is 4.56. The van der Waals surface area contributed by atoms with Crippen molar-refractivity contribution in [3.63, 3.8) is 0 Å². The van der Waals surface area contributed by atoms with Gasteiger partial charge in [-0.3, -0.25) is 4.40 Å². The molecule has 27 heavy (non-hydrogen) atoms. The van der Waals surface area contributed by atoms with Crippen molar-refractivity contribution in [1.29, 1.82) is 0 Å². The number of aromatic nitrogens is 2. The summed E-state index contributed by atoms with van der Waals surface area (Å²) in [5, 5.41) is 3.79. The average Bonchev–Trinajstić information content (AvgIpc) is 2.89. The van der Waals surface area contributed by atoms with E-state index in [2.05, 4.69) is 75.7 Å². The molecule has 2 aromatic heterocycles. The molecule has 0 aliphatic heterocycles. The number of ether oxygens (including phenoxy) is 1. The van der Waals surface area contributed by atoms with E-state index in [1.165, 1.54) is 5.56 Å². The van der Waals surface area contributed by atoms with Gasteiger partial charge in [-0.2, -0.15) is 0 Å². The summed E-state index contributed by atoms with van der Waals surface area (Å²) < 4.78 is 7.76. The molecule has 0 saturated carbocycles. The first-order valence-corrected chi connectivity index (χ1v) is 9.50. The van der Waals surface area contributed by atoms with E-state index in [1.54, 1.807) is 7.11 Å². The van der Waals surface area contributed by atoms with E-state index in [0.29, 0.717) is 0 Å². The molecule has 0 bridgehead atoms. The molecule has 3 aromatic rings. The van der Waals surface area contributed by atoms with E-state index < -0.39 is 0 Å². The lowest BCUT2D eigenvalue weighted by Crippen LogP contribution is -2.36. The summed E-state index contributed by atoms with van der Waals surface area (Å²) in [4.78, 5) is 4.93. The molecule has 1 aromatic carbocycles. The van der Waals surface area contributed by atoms with Gasteiger partial charge in [0.15, 0.2) is 0 Å². The molecule has 0 atom stereocenters. The maximum atomic E-state index is 5.61. The smallest absolute Gasteiger partial charge is 0.139 e. The second-order valence-electron chi connectivity index (χ2n) is 9.19. The highest BCUT2D eigenvalue weighted by atomic mass is 16.5. The van der Waals surface area contributed by atoms with E-state index >= 15 is 0 Å². The van der Waals surface area contributed by atoms with E-state index in [4.69, 9.17) is 9.72 Å². The first kappa shape index (κ1) is 19.3. The number of nitrogens with zero attached hydrogens (tertiary/aromatic N) is 2. The third kappa shape index (κ3) is 4.26. The van der Waals surface area contributed by atoms with Crippen LogP contribution in [-0.4, -0.2) is 22.0 Å². The monoisotopic (exact) mass is 365 g/mol. The Morgan fingerprint density at radius 3 is 2.41 bits per heavy atom. The SMILES string of the molecule is COc1ccccc1-c1nc2ccc(C)cn2c1NC(C)(C)CC(C)(C)C. The molecule has 144 valence electrons. The number of anilines is 1. The van der Waals surface area contributed by atoms with Gasteiger partial charge in [-0.15, -0.1) is 0 Å².